The second-order valence-electron chi connectivity index (χ2n) is 9.84. The van der Waals surface area contributed by atoms with Gasteiger partial charge in [0.05, 0.1) is 5.60 Å². The van der Waals surface area contributed by atoms with Gasteiger partial charge in [0, 0.05) is 29.4 Å². The molecule has 1 atom stereocenters. The van der Waals surface area contributed by atoms with Crippen molar-refractivity contribution in [3.8, 4) is 0 Å². The van der Waals surface area contributed by atoms with Gasteiger partial charge in [0.15, 0.2) is 17.7 Å². The minimum absolute atomic E-state index is 0.311. The Hall–Kier alpha value is -3.06. The van der Waals surface area contributed by atoms with Gasteiger partial charge < -0.3 is 14.4 Å². The van der Waals surface area contributed by atoms with Crippen molar-refractivity contribution in [2.24, 2.45) is 0 Å². The zero-order valence-electron chi connectivity index (χ0n) is 20.0. The van der Waals surface area contributed by atoms with Crippen molar-refractivity contribution in [3.63, 3.8) is 0 Å². The molecule has 0 fully saturated rings. The van der Waals surface area contributed by atoms with Crippen LogP contribution >= 0.6 is 0 Å². The number of carboxylic acids is 1. The van der Waals surface area contributed by atoms with Crippen molar-refractivity contribution in [1.82, 2.24) is 9.55 Å². The number of carbonyl (C=O) groups is 1. The summed E-state index contributed by atoms with van der Waals surface area (Å²) in [7, 11) is 0. The van der Waals surface area contributed by atoms with Gasteiger partial charge in [-0.3, -0.25) is 0 Å². The van der Waals surface area contributed by atoms with Crippen molar-refractivity contribution in [3.05, 3.63) is 70.6 Å². The molecule has 0 bridgehead atoms. The van der Waals surface area contributed by atoms with Crippen molar-refractivity contribution in [2.75, 3.05) is 0 Å². The Labute approximate surface area is 198 Å². The molecule has 1 aliphatic rings. The maximum atomic E-state index is 13.8. The van der Waals surface area contributed by atoms with E-state index in [1.165, 1.54) is 6.07 Å². The Kier molecular flexibility index (Phi) is 6.58. The number of benzene rings is 1. The summed E-state index contributed by atoms with van der Waals surface area (Å²) in [6, 6.07) is 5.77. The minimum atomic E-state index is -1.16. The summed E-state index contributed by atoms with van der Waals surface area (Å²) in [4.78, 5) is 17.1. The van der Waals surface area contributed by atoms with Crippen molar-refractivity contribution in [2.45, 2.75) is 71.6 Å². The number of nitrogens with zero attached hydrogens (tertiary/aromatic N) is 2. The van der Waals surface area contributed by atoms with Gasteiger partial charge in [-0.25, -0.2) is 18.6 Å². The molecule has 5 nitrogen and oxygen atoms in total. The molecule has 3 aromatic rings. The number of aryl methyl sites for hydroxylation is 1. The third-order valence-corrected chi connectivity index (χ3v) is 6.04. The van der Waals surface area contributed by atoms with Crippen molar-refractivity contribution in [1.29, 1.82) is 0 Å². The molecule has 0 amide bonds. The maximum absolute atomic E-state index is 13.8. The zero-order valence-corrected chi connectivity index (χ0v) is 20.0. The van der Waals surface area contributed by atoms with Gasteiger partial charge in [-0.2, -0.15) is 0 Å². The van der Waals surface area contributed by atoms with Crippen LogP contribution in [0.3, 0.4) is 0 Å². The minimum Gasteiger partial charge on any atom is -0.479 e. The lowest BCUT2D eigenvalue weighted by Gasteiger charge is -2.29. The van der Waals surface area contributed by atoms with E-state index in [1.807, 2.05) is 37.6 Å². The molecule has 0 unspecified atom stereocenters. The highest BCUT2D eigenvalue weighted by Crippen LogP contribution is 2.40. The van der Waals surface area contributed by atoms with E-state index in [-0.39, 0.29) is 0 Å². The number of halogens is 2. The number of rotatable bonds is 6. The molecule has 0 saturated heterocycles. The van der Waals surface area contributed by atoms with Crippen LogP contribution in [0.2, 0.25) is 0 Å². The third kappa shape index (κ3) is 4.89. The number of aliphatic carboxylic acids is 1. The van der Waals surface area contributed by atoms with Gasteiger partial charge in [-0.1, -0.05) is 12.1 Å². The van der Waals surface area contributed by atoms with Crippen LogP contribution in [0.4, 0.5) is 8.78 Å². The summed E-state index contributed by atoms with van der Waals surface area (Å²) in [5.41, 5.74) is 3.74. The monoisotopic (exact) mass is 468 g/mol. The Morgan fingerprint density at radius 3 is 2.59 bits per heavy atom. The van der Waals surface area contributed by atoms with E-state index in [0.717, 1.165) is 48.3 Å². The molecule has 1 N–H and O–H groups in total. The van der Waals surface area contributed by atoms with E-state index in [1.54, 1.807) is 13.0 Å². The average molecular weight is 469 g/mol. The van der Waals surface area contributed by atoms with Crippen molar-refractivity contribution < 1.29 is 23.4 Å². The van der Waals surface area contributed by atoms with E-state index in [9.17, 15) is 18.7 Å². The van der Waals surface area contributed by atoms with E-state index in [4.69, 9.17) is 9.72 Å². The number of allylic oxidation sites excluding steroid dienone is 2. The number of aromatic nitrogens is 2. The van der Waals surface area contributed by atoms with Gasteiger partial charge in [0.2, 0.25) is 0 Å². The first-order valence-electron chi connectivity index (χ1n) is 11.6. The molecular weight excluding hydrogens is 438 g/mol. The SMILES string of the molecule is Cc1nc2c(ccn2Cc2ccc(F)c(F)c2)c(C2=CCCCC2)c1[C@H](OC(C)(C)C)C(=O)O. The highest BCUT2D eigenvalue weighted by atomic mass is 19.2. The topological polar surface area (TPSA) is 64.4 Å². The van der Waals surface area contributed by atoms with Crippen LogP contribution in [0.1, 0.15) is 74.9 Å². The lowest BCUT2D eigenvalue weighted by atomic mass is 9.86. The third-order valence-electron chi connectivity index (χ3n) is 6.04. The van der Waals surface area contributed by atoms with E-state index in [2.05, 4.69) is 6.08 Å². The molecule has 1 aromatic carbocycles. The molecule has 0 spiro atoms. The fraction of sp³-hybridized carbons (Fsp3) is 0.407. The molecule has 1 aliphatic carbocycles. The zero-order chi connectivity index (χ0) is 24.6. The quantitative estimate of drug-likeness (QED) is 0.444. The van der Waals surface area contributed by atoms with E-state index >= 15 is 0 Å². The first-order valence-corrected chi connectivity index (χ1v) is 11.6. The average Bonchev–Trinajstić information content (AvgIpc) is 3.15. The molecule has 2 heterocycles. The second-order valence-corrected chi connectivity index (χ2v) is 9.84. The molecule has 7 heteroatoms. The standard InChI is InChI=1S/C27H30F2N2O3/c1-16-22(24(26(32)33)34-27(2,3)4)23(18-8-6-5-7-9-18)19-12-13-31(25(19)30-16)15-17-10-11-20(28)21(29)14-17/h8,10-14,24H,5-7,9,15H2,1-4H3,(H,32,33)/t24-/m0/s1. The Morgan fingerprint density at radius 1 is 1.21 bits per heavy atom. The van der Waals surface area contributed by atoms with Gasteiger partial charge >= 0.3 is 5.97 Å². The first-order chi connectivity index (χ1) is 16.0. The summed E-state index contributed by atoms with van der Waals surface area (Å²) in [6.07, 6.45) is 6.79. The van der Waals surface area contributed by atoms with Crippen LogP contribution in [0.25, 0.3) is 16.6 Å². The Balaban J connectivity index is 1.91. The highest BCUT2D eigenvalue weighted by Gasteiger charge is 2.33. The fourth-order valence-electron chi connectivity index (χ4n) is 4.61. The van der Waals surface area contributed by atoms with Crippen LogP contribution in [0.5, 0.6) is 0 Å². The number of hydrogen-bond donors (Lipinski definition) is 1. The molecule has 4 rings (SSSR count). The van der Waals surface area contributed by atoms with Gasteiger partial charge in [0.1, 0.15) is 5.65 Å². The van der Waals surface area contributed by atoms with Gasteiger partial charge in [-0.15, -0.1) is 0 Å². The molecule has 0 radical (unpaired) electrons. The molecule has 0 aliphatic heterocycles. The number of ether oxygens (including phenoxy) is 1. The number of hydrogen-bond acceptors (Lipinski definition) is 3. The lowest BCUT2D eigenvalue weighted by molar-refractivity contribution is -0.160. The van der Waals surface area contributed by atoms with Gasteiger partial charge in [-0.05, 0) is 88.3 Å². The van der Waals surface area contributed by atoms with E-state index < -0.39 is 29.3 Å². The van der Waals surface area contributed by atoms with E-state index in [0.29, 0.717) is 29.0 Å². The van der Waals surface area contributed by atoms with Crippen LogP contribution in [-0.4, -0.2) is 26.2 Å². The van der Waals surface area contributed by atoms with Gasteiger partial charge in [0.25, 0.3) is 0 Å². The first kappa shape index (κ1) is 24.1. The van der Waals surface area contributed by atoms with Crippen LogP contribution < -0.4 is 0 Å². The van der Waals surface area contributed by atoms with Crippen LogP contribution in [0, 0.1) is 18.6 Å². The lowest BCUT2D eigenvalue weighted by Crippen LogP contribution is -2.29. The molecule has 0 saturated carbocycles. The summed E-state index contributed by atoms with van der Waals surface area (Å²) in [5, 5.41) is 10.9. The maximum Gasteiger partial charge on any atom is 0.337 e. The molecule has 34 heavy (non-hydrogen) atoms. The predicted molar refractivity (Wildman–Crippen MR) is 128 cm³/mol. The molecule has 2 aromatic heterocycles. The summed E-state index contributed by atoms with van der Waals surface area (Å²) >= 11 is 0. The van der Waals surface area contributed by atoms with Crippen molar-refractivity contribution >= 4 is 22.6 Å². The van der Waals surface area contributed by atoms with Crippen LogP contribution in [-0.2, 0) is 16.1 Å². The second kappa shape index (κ2) is 9.29. The summed E-state index contributed by atoms with van der Waals surface area (Å²) < 4.78 is 35.1. The number of carboxylic acid groups (broad SMARTS) is 1. The Bertz CT molecular complexity index is 1270. The Morgan fingerprint density at radius 2 is 1.97 bits per heavy atom. The van der Waals surface area contributed by atoms with Crippen LogP contribution in [0.15, 0.2) is 36.5 Å². The number of pyridine rings is 1. The smallest absolute Gasteiger partial charge is 0.337 e. The normalized spacial score (nSPS) is 15.4. The highest BCUT2D eigenvalue weighted by molar-refractivity contribution is 5.94. The largest absolute Gasteiger partial charge is 0.479 e. The molecule has 180 valence electrons. The fourth-order valence-corrected chi connectivity index (χ4v) is 4.61. The number of fused-ring (bicyclic) bond motifs is 1. The summed E-state index contributed by atoms with van der Waals surface area (Å²) in [6.45, 7) is 7.62. The predicted octanol–water partition coefficient (Wildman–Crippen LogP) is 6.57. The summed E-state index contributed by atoms with van der Waals surface area (Å²) in [5.74, 6) is -2.83. The molecular formula is C27H30F2N2O3.